The van der Waals surface area contributed by atoms with E-state index in [0.29, 0.717) is 0 Å². The average molecular weight is 207 g/mol. The van der Waals surface area contributed by atoms with Crippen LogP contribution in [-0.2, 0) is 4.74 Å². The Balaban J connectivity index is 2.84. The van der Waals surface area contributed by atoms with Crippen LogP contribution in [-0.4, -0.2) is 19.1 Å². The van der Waals surface area contributed by atoms with Gasteiger partial charge in [-0.2, -0.15) is 0 Å². The molecule has 0 saturated carbocycles. The van der Waals surface area contributed by atoms with Gasteiger partial charge in [0.1, 0.15) is 0 Å². The quantitative estimate of drug-likeness (QED) is 0.411. The van der Waals surface area contributed by atoms with Gasteiger partial charge >= 0.3 is 0 Å². The van der Waals surface area contributed by atoms with Gasteiger partial charge in [-0.1, -0.05) is 26.7 Å². The number of hydrogen-bond acceptors (Lipinski definition) is 1. The molecule has 0 bridgehead atoms. The van der Waals surface area contributed by atoms with Gasteiger partial charge in [-0.3, -0.25) is 0 Å². The molecule has 0 spiro atoms. The van der Waals surface area contributed by atoms with E-state index in [-0.39, 0.29) is 0 Å². The fourth-order valence-corrected chi connectivity index (χ4v) is 1.26. The zero-order chi connectivity index (χ0) is 9.94. The summed E-state index contributed by atoms with van der Waals surface area (Å²) in [6.45, 7) is 6.30. The number of ether oxygens (including phenoxy) is 1. The van der Waals surface area contributed by atoms with Crippen LogP contribution < -0.4 is 0 Å². The van der Waals surface area contributed by atoms with Gasteiger partial charge in [0.25, 0.3) is 0 Å². The van der Waals surface area contributed by atoms with E-state index >= 15 is 0 Å². The first-order valence-corrected chi connectivity index (χ1v) is 5.94. The topological polar surface area (TPSA) is 9.23 Å². The summed E-state index contributed by atoms with van der Waals surface area (Å²) in [7, 11) is 0. The zero-order valence-corrected chi connectivity index (χ0v) is 9.78. The highest BCUT2D eigenvalue weighted by atomic mass is 35.5. The molecule has 0 atom stereocenters. The Kier molecular flexibility index (Phi) is 10.5. The van der Waals surface area contributed by atoms with Crippen LogP contribution in [0.3, 0.4) is 0 Å². The van der Waals surface area contributed by atoms with E-state index in [1.807, 2.05) is 0 Å². The Hall–Kier alpha value is 0.250. The molecule has 0 fully saturated rings. The maximum atomic E-state index is 5.57. The third-order valence-electron chi connectivity index (χ3n) is 2.01. The van der Waals surface area contributed by atoms with Gasteiger partial charge in [0.15, 0.2) is 0 Å². The standard InChI is InChI=1S/C11H23ClO/c1-11(2)7-10-13-9-6-4-3-5-8-12/h11H,3-10H2,1-2H3. The van der Waals surface area contributed by atoms with Gasteiger partial charge in [-0.05, 0) is 25.2 Å². The molecule has 0 saturated heterocycles. The molecule has 0 N–H and O–H groups in total. The van der Waals surface area contributed by atoms with Crippen LogP contribution in [0.1, 0.15) is 46.0 Å². The molecule has 0 heterocycles. The third kappa shape index (κ3) is 12.2. The second kappa shape index (κ2) is 10.3. The zero-order valence-electron chi connectivity index (χ0n) is 9.02. The molecule has 13 heavy (non-hydrogen) atoms. The first-order chi connectivity index (χ1) is 6.27. The highest BCUT2D eigenvalue weighted by molar-refractivity contribution is 6.17. The van der Waals surface area contributed by atoms with E-state index in [1.165, 1.54) is 25.7 Å². The van der Waals surface area contributed by atoms with Crippen molar-refractivity contribution in [2.75, 3.05) is 19.1 Å². The molecule has 0 unspecified atom stereocenters. The summed E-state index contributed by atoms with van der Waals surface area (Å²) in [6.07, 6.45) is 6.02. The minimum Gasteiger partial charge on any atom is -0.381 e. The molecular formula is C11H23ClO. The van der Waals surface area contributed by atoms with Crippen molar-refractivity contribution >= 4 is 11.6 Å². The van der Waals surface area contributed by atoms with Crippen molar-refractivity contribution in [3.05, 3.63) is 0 Å². The second-order valence-corrected chi connectivity index (χ2v) is 4.28. The molecule has 0 aliphatic rings. The molecular weight excluding hydrogens is 184 g/mol. The largest absolute Gasteiger partial charge is 0.381 e. The van der Waals surface area contributed by atoms with Crippen LogP contribution in [0.2, 0.25) is 0 Å². The molecule has 0 aromatic heterocycles. The molecule has 2 heteroatoms. The number of hydrogen-bond donors (Lipinski definition) is 0. The summed E-state index contributed by atoms with van der Waals surface area (Å²) in [5, 5.41) is 0. The van der Waals surface area contributed by atoms with Crippen LogP contribution in [0.5, 0.6) is 0 Å². The van der Waals surface area contributed by atoms with Crippen LogP contribution in [0, 0.1) is 5.92 Å². The molecule has 0 aliphatic carbocycles. The average Bonchev–Trinajstić information content (AvgIpc) is 2.09. The van der Waals surface area contributed by atoms with E-state index in [9.17, 15) is 0 Å². The fraction of sp³-hybridized carbons (Fsp3) is 1.00. The van der Waals surface area contributed by atoms with Crippen molar-refractivity contribution in [3.8, 4) is 0 Å². The predicted molar refractivity (Wildman–Crippen MR) is 59.5 cm³/mol. The lowest BCUT2D eigenvalue weighted by atomic mass is 10.1. The molecule has 1 nitrogen and oxygen atoms in total. The van der Waals surface area contributed by atoms with Crippen molar-refractivity contribution < 1.29 is 4.74 Å². The summed E-state index contributed by atoms with van der Waals surface area (Å²) in [6, 6.07) is 0. The molecule has 0 radical (unpaired) electrons. The van der Waals surface area contributed by atoms with Gasteiger partial charge < -0.3 is 4.74 Å². The number of alkyl halides is 1. The third-order valence-corrected chi connectivity index (χ3v) is 2.28. The smallest absolute Gasteiger partial charge is 0.0468 e. The highest BCUT2D eigenvalue weighted by Crippen LogP contribution is 2.03. The summed E-state index contributed by atoms with van der Waals surface area (Å²) < 4.78 is 5.49. The minimum absolute atomic E-state index is 0.760. The maximum absolute atomic E-state index is 5.57. The Labute approximate surface area is 87.8 Å². The first kappa shape index (κ1) is 13.2. The van der Waals surface area contributed by atoms with Crippen molar-refractivity contribution in [3.63, 3.8) is 0 Å². The summed E-state index contributed by atoms with van der Waals surface area (Å²) in [4.78, 5) is 0. The highest BCUT2D eigenvalue weighted by Gasteiger charge is 1.94. The van der Waals surface area contributed by atoms with Gasteiger partial charge in [-0.25, -0.2) is 0 Å². The molecule has 0 aromatic carbocycles. The van der Waals surface area contributed by atoms with Crippen molar-refractivity contribution in [1.29, 1.82) is 0 Å². The molecule has 80 valence electrons. The van der Waals surface area contributed by atoms with Crippen molar-refractivity contribution in [2.45, 2.75) is 46.0 Å². The fourth-order valence-electron chi connectivity index (χ4n) is 1.07. The second-order valence-electron chi connectivity index (χ2n) is 3.90. The van der Waals surface area contributed by atoms with E-state index in [1.54, 1.807) is 0 Å². The minimum atomic E-state index is 0.760. The Morgan fingerprint density at radius 1 is 1.00 bits per heavy atom. The molecule has 0 aliphatic heterocycles. The summed E-state index contributed by atoms with van der Waals surface area (Å²) >= 11 is 5.57. The van der Waals surface area contributed by atoms with Gasteiger partial charge in [0.2, 0.25) is 0 Å². The van der Waals surface area contributed by atoms with Crippen LogP contribution in [0.4, 0.5) is 0 Å². The first-order valence-electron chi connectivity index (χ1n) is 5.41. The normalized spacial score (nSPS) is 11.1. The predicted octanol–water partition coefficient (Wildman–Crippen LogP) is 3.85. The Morgan fingerprint density at radius 3 is 2.31 bits per heavy atom. The van der Waals surface area contributed by atoms with Crippen LogP contribution in [0.25, 0.3) is 0 Å². The number of unbranched alkanes of at least 4 members (excludes halogenated alkanes) is 3. The number of halogens is 1. The summed E-state index contributed by atoms with van der Waals surface area (Å²) in [5.74, 6) is 1.56. The summed E-state index contributed by atoms with van der Waals surface area (Å²) in [5.41, 5.74) is 0. The van der Waals surface area contributed by atoms with Crippen LogP contribution in [0.15, 0.2) is 0 Å². The van der Waals surface area contributed by atoms with Crippen molar-refractivity contribution in [2.24, 2.45) is 5.92 Å². The van der Waals surface area contributed by atoms with Gasteiger partial charge in [0, 0.05) is 19.1 Å². The van der Waals surface area contributed by atoms with E-state index in [0.717, 1.165) is 31.4 Å². The Morgan fingerprint density at radius 2 is 1.69 bits per heavy atom. The number of rotatable bonds is 9. The van der Waals surface area contributed by atoms with E-state index < -0.39 is 0 Å². The molecule has 0 aromatic rings. The lowest BCUT2D eigenvalue weighted by Crippen LogP contribution is -2.00. The Bertz CT molecular complexity index is 94.1. The monoisotopic (exact) mass is 206 g/mol. The molecule has 0 rings (SSSR count). The van der Waals surface area contributed by atoms with Gasteiger partial charge in [0.05, 0.1) is 0 Å². The van der Waals surface area contributed by atoms with Crippen molar-refractivity contribution in [1.82, 2.24) is 0 Å². The van der Waals surface area contributed by atoms with Crippen LogP contribution >= 0.6 is 11.6 Å². The molecule has 0 amide bonds. The van der Waals surface area contributed by atoms with Gasteiger partial charge in [-0.15, -0.1) is 11.6 Å². The lowest BCUT2D eigenvalue weighted by Gasteiger charge is -2.05. The maximum Gasteiger partial charge on any atom is 0.0468 e. The lowest BCUT2D eigenvalue weighted by molar-refractivity contribution is 0.120. The SMILES string of the molecule is CC(C)CCOCCCCCCCl. The van der Waals surface area contributed by atoms with E-state index in [2.05, 4.69) is 13.8 Å². The van der Waals surface area contributed by atoms with E-state index in [4.69, 9.17) is 16.3 Å².